The zero-order chi connectivity index (χ0) is 18.1. The highest BCUT2D eigenvalue weighted by Gasteiger charge is 2.19. The molecule has 4 heterocycles. The minimum Gasteiger partial charge on any atom is -0.304 e. The van der Waals surface area contributed by atoms with Gasteiger partial charge in [0, 0.05) is 38.9 Å². The smallest absolute Gasteiger partial charge is 0.110 e. The summed E-state index contributed by atoms with van der Waals surface area (Å²) < 4.78 is 4.38. The van der Waals surface area contributed by atoms with E-state index in [4.69, 9.17) is 10.1 Å². The van der Waals surface area contributed by atoms with Gasteiger partial charge >= 0.3 is 0 Å². The van der Waals surface area contributed by atoms with Gasteiger partial charge < -0.3 is 9.30 Å². The molecule has 3 aromatic heterocycles. The maximum atomic E-state index is 4.82. The standard InChI is InChI=1S/C20H28N6/c1-4-23(3)13-17-12-18-14-24(9-7-11-26(18)22-17)15-19-20-8-5-6-10-25(20)16(2)21-19/h5-6,8,10,12H,4,7,9,11,13-15H2,1-3H3. The maximum Gasteiger partial charge on any atom is 0.110 e. The summed E-state index contributed by atoms with van der Waals surface area (Å²) in [6, 6.07) is 8.59. The number of rotatable bonds is 5. The molecule has 6 nitrogen and oxygen atoms in total. The van der Waals surface area contributed by atoms with E-state index >= 15 is 0 Å². The molecule has 4 rings (SSSR count). The SMILES string of the molecule is CCN(C)Cc1cc2n(n1)CCCN(Cc1nc(C)n3ccccc13)C2. The summed E-state index contributed by atoms with van der Waals surface area (Å²) in [5.41, 5.74) is 4.88. The Morgan fingerprint density at radius 3 is 2.96 bits per heavy atom. The Labute approximate surface area is 155 Å². The molecule has 0 spiro atoms. The van der Waals surface area contributed by atoms with E-state index in [-0.39, 0.29) is 0 Å². The van der Waals surface area contributed by atoms with Gasteiger partial charge in [-0.1, -0.05) is 13.0 Å². The lowest BCUT2D eigenvalue weighted by atomic mass is 10.2. The van der Waals surface area contributed by atoms with E-state index in [1.165, 1.54) is 22.6 Å². The molecule has 0 amide bonds. The van der Waals surface area contributed by atoms with Crippen LogP contribution in [0.15, 0.2) is 30.5 Å². The molecule has 0 aliphatic carbocycles. The largest absolute Gasteiger partial charge is 0.304 e. The predicted octanol–water partition coefficient (Wildman–Crippen LogP) is 2.70. The van der Waals surface area contributed by atoms with E-state index in [1.807, 2.05) is 0 Å². The van der Waals surface area contributed by atoms with Crippen LogP contribution in [0.1, 0.15) is 36.3 Å². The molecule has 0 saturated carbocycles. The topological polar surface area (TPSA) is 41.6 Å². The van der Waals surface area contributed by atoms with Crippen LogP contribution in [0.25, 0.3) is 5.52 Å². The van der Waals surface area contributed by atoms with Crippen LogP contribution in [0.4, 0.5) is 0 Å². The van der Waals surface area contributed by atoms with Crippen LogP contribution in [0.3, 0.4) is 0 Å². The molecular weight excluding hydrogens is 324 g/mol. The van der Waals surface area contributed by atoms with Crippen molar-refractivity contribution in [1.82, 2.24) is 29.0 Å². The van der Waals surface area contributed by atoms with E-state index < -0.39 is 0 Å². The van der Waals surface area contributed by atoms with Gasteiger partial charge in [0.05, 0.1) is 22.6 Å². The Bertz CT molecular complexity index is 893. The first kappa shape index (κ1) is 17.2. The fraction of sp³-hybridized carbons (Fsp3) is 0.500. The number of nitrogens with zero attached hydrogens (tertiary/aromatic N) is 6. The van der Waals surface area contributed by atoms with Gasteiger partial charge in [-0.25, -0.2) is 4.98 Å². The Morgan fingerprint density at radius 1 is 1.23 bits per heavy atom. The Hall–Kier alpha value is -2.18. The second-order valence-electron chi connectivity index (χ2n) is 7.31. The molecule has 138 valence electrons. The van der Waals surface area contributed by atoms with Gasteiger partial charge in [-0.2, -0.15) is 5.10 Å². The number of hydrogen-bond acceptors (Lipinski definition) is 4. The Kier molecular flexibility index (Phi) is 4.78. The molecule has 0 fully saturated rings. The fourth-order valence-corrected chi connectivity index (χ4v) is 3.78. The number of hydrogen-bond donors (Lipinski definition) is 0. The summed E-state index contributed by atoms with van der Waals surface area (Å²) in [7, 11) is 2.14. The lowest BCUT2D eigenvalue weighted by Gasteiger charge is -2.18. The van der Waals surface area contributed by atoms with Gasteiger partial charge in [-0.3, -0.25) is 9.58 Å². The molecule has 6 heteroatoms. The third kappa shape index (κ3) is 3.39. The van der Waals surface area contributed by atoms with Crippen LogP contribution >= 0.6 is 0 Å². The maximum absolute atomic E-state index is 4.82. The first-order chi connectivity index (χ1) is 12.6. The van der Waals surface area contributed by atoms with Crippen LogP contribution in [0.5, 0.6) is 0 Å². The van der Waals surface area contributed by atoms with Gasteiger partial charge in [0.25, 0.3) is 0 Å². The van der Waals surface area contributed by atoms with Crippen molar-refractivity contribution in [3.63, 3.8) is 0 Å². The zero-order valence-electron chi connectivity index (χ0n) is 16.0. The second kappa shape index (κ2) is 7.21. The summed E-state index contributed by atoms with van der Waals surface area (Å²) in [5, 5.41) is 4.82. The quantitative estimate of drug-likeness (QED) is 0.708. The van der Waals surface area contributed by atoms with Gasteiger partial charge in [0.15, 0.2) is 0 Å². The lowest BCUT2D eigenvalue weighted by molar-refractivity contribution is 0.259. The van der Waals surface area contributed by atoms with Gasteiger partial charge in [0.1, 0.15) is 5.82 Å². The minimum absolute atomic E-state index is 0.886. The normalized spacial score (nSPS) is 15.5. The highest BCUT2D eigenvalue weighted by atomic mass is 15.3. The van der Waals surface area contributed by atoms with E-state index in [1.54, 1.807) is 0 Å². The molecule has 26 heavy (non-hydrogen) atoms. The minimum atomic E-state index is 0.886. The summed E-state index contributed by atoms with van der Waals surface area (Å²) in [5.74, 6) is 1.06. The van der Waals surface area contributed by atoms with E-state index in [0.717, 1.165) is 51.5 Å². The highest BCUT2D eigenvalue weighted by molar-refractivity contribution is 5.53. The molecular formula is C20H28N6. The van der Waals surface area contributed by atoms with Crippen LogP contribution in [0.2, 0.25) is 0 Å². The highest BCUT2D eigenvalue weighted by Crippen LogP contribution is 2.19. The monoisotopic (exact) mass is 352 g/mol. The molecule has 0 saturated heterocycles. The summed E-state index contributed by atoms with van der Waals surface area (Å²) in [4.78, 5) is 9.61. The number of imidazole rings is 1. The van der Waals surface area contributed by atoms with Crippen molar-refractivity contribution < 1.29 is 0 Å². The third-order valence-corrected chi connectivity index (χ3v) is 5.29. The zero-order valence-corrected chi connectivity index (χ0v) is 16.0. The molecule has 1 aliphatic heterocycles. The van der Waals surface area contributed by atoms with Crippen LogP contribution in [-0.4, -0.2) is 49.1 Å². The van der Waals surface area contributed by atoms with Crippen molar-refractivity contribution in [3.8, 4) is 0 Å². The van der Waals surface area contributed by atoms with Crippen molar-refractivity contribution in [2.45, 2.75) is 46.4 Å². The molecule has 0 radical (unpaired) electrons. The van der Waals surface area contributed by atoms with Gasteiger partial charge in [-0.05, 0) is 45.1 Å². The van der Waals surface area contributed by atoms with Crippen molar-refractivity contribution in [2.24, 2.45) is 0 Å². The van der Waals surface area contributed by atoms with Crippen molar-refractivity contribution in [2.75, 3.05) is 20.1 Å². The van der Waals surface area contributed by atoms with Crippen molar-refractivity contribution in [3.05, 3.63) is 53.4 Å². The third-order valence-electron chi connectivity index (χ3n) is 5.29. The molecule has 3 aromatic rings. The Morgan fingerprint density at radius 2 is 2.12 bits per heavy atom. The lowest BCUT2D eigenvalue weighted by Crippen LogP contribution is -2.23. The molecule has 0 N–H and O–H groups in total. The average molecular weight is 352 g/mol. The van der Waals surface area contributed by atoms with E-state index in [9.17, 15) is 0 Å². The first-order valence-electron chi connectivity index (χ1n) is 9.53. The number of pyridine rings is 1. The first-order valence-corrected chi connectivity index (χ1v) is 9.53. The molecule has 0 bridgehead atoms. The van der Waals surface area contributed by atoms with E-state index in [0.29, 0.717) is 0 Å². The number of fused-ring (bicyclic) bond motifs is 2. The predicted molar refractivity (Wildman–Crippen MR) is 103 cm³/mol. The molecule has 0 unspecified atom stereocenters. The van der Waals surface area contributed by atoms with Crippen molar-refractivity contribution >= 4 is 5.52 Å². The second-order valence-corrected chi connectivity index (χ2v) is 7.31. The van der Waals surface area contributed by atoms with Gasteiger partial charge in [0.2, 0.25) is 0 Å². The average Bonchev–Trinajstić information content (AvgIpc) is 3.09. The van der Waals surface area contributed by atoms with Crippen LogP contribution in [0, 0.1) is 6.92 Å². The molecule has 1 aliphatic rings. The fourth-order valence-electron chi connectivity index (χ4n) is 3.78. The van der Waals surface area contributed by atoms with E-state index in [2.05, 4.69) is 70.2 Å². The number of aryl methyl sites for hydroxylation is 2. The summed E-state index contributed by atoms with van der Waals surface area (Å²) >= 11 is 0. The van der Waals surface area contributed by atoms with Gasteiger partial charge in [-0.15, -0.1) is 0 Å². The summed E-state index contributed by atoms with van der Waals surface area (Å²) in [6.45, 7) is 10.1. The van der Waals surface area contributed by atoms with Crippen LogP contribution in [-0.2, 0) is 26.2 Å². The van der Waals surface area contributed by atoms with Crippen molar-refractivity contribution in [1.29, 1.82) is 0 Å². The Balaban J connectivity index is 1.53. The molecule has 0 aromatic carbocycles. The molecule has 0 atom stereocenters. The number of aromatic nitrogens is 4. The van der Waals surface area contributed by atoms with Crippen LogP contribution < -0.4 is 0 Å². The summed E-state index contributed by atoms with van der Waals surface area (Å²) in [6.07, 6.45) is 3.22.